The van der Waals surface area contributed by atoms with Crippen LogP contribution in [0, 0.1) is 10.1 Å². The van der Waals surface area contributed by atoms with Crippen LogP contribution in [0.1, 0.15) is 12.5 Å². The molecule has 208 valence electrons. The van der Waals surface area contributed by atoms with Gasteiger partial charge in [0, 0.05) is 22.5 Å². The number of ether oxygens (including phenoxy) is 2. The first kappa shape index (κ1) is 26.7. The van der Waals surface area contributed by atoms with Crippen LogP contribution in [0.4, 0.5) is 5.69 Å². The number of hydrogen-bond acceptors (Lipinski definition) is 9. The second-order valence-corrected chi connectivity index (χ2v) is 9.40. The number of halogens is 1. The standard InChI is InChI=1S/C30H20ClN5O6/c1-2-40-26-13-18(7-10-25(26)42-28-12-9-21(17-32-28)36(38)39)16-33-35-29(34-23-6-4-3-5-22(23)30(35)37)27-15-19-14-20(31)8-11-24(19)41-27/h3-17H,2H2,1H3. The predicted molar refractivity (Wildman–Crippen MR) is 158 cm³/mol. The number of pyridine rings is 1. The Bertz CT molecular complexity index is 2050. The normalized spacial score (nSPS) is 11.4. The summed E-state index contributed by atoms with van der Waals surface area (Å²) < 4.78 is 18.8. The minimum atomic E-state index is -0.540. The van der Waals surface area contributed by atoms with Crippen LogP contribution < -0.4 is 15.0 Å². The third-order valence-electron chi connectivity index (χ3n) is 6.19. The lowest BCUT2D eigenvalue weighted by molar-refractivity contribution is -0.385. The summed E-state index contributed by atoms with van der Waals surface area (Å²) in [7, 11) is 0. The van der Waals surface area contributed by atoms with Crippen molar-refractivity contribution >= 4 is 45.4 Å². The lowest BCUT2D eigenvalue weighted by Crippen LogP contribution is -2.20. The number of fused-ring (bicyclic) bond motifs is 2. The van der Waals surface area contributed by atoms with Crippen molar-refractivity contribution in [2.24, 2.45) is 5.10 Å². The highest BCUT2D eigenvalue weighted by Gasteiger charge is 2.17. The maximum Gasteiger partial charge on any atom is 0.287 e. The van der Waals surface area contributed by atoms with E-state index in [-0.39, 0.29) is 23.0 Å². The van der Waals surface area contributed by atoms with Gasteiger partial charge in [-0.3, -0.25) is 14.9 Å². The van der Waals surface area contributed by atoms with Gasteiger partial charge >= 0.3 is 0 Å². The molecule has 3 aromatic carbocycles. The summed E-state index contributed by atoms with van der Waals surface area (Å²) in [6.07, 6.45) is 2.61. The van der Waals surface area contributed by atoms with Crippen LogP contribution in [-0.4, -0.2) is 32.4 Å². The Balaban J connectivity index is 1.39. The van der Waals surface area contributed by atoms with E-state index in [2.05, 4.69) is 15.1 Å². The topological polar surface area (TPSA) is 135 Å². The van der Waals surface area contributed by atoms with Crippen molar-refractivity contribution in [3.8, 4) is 29.0 Å². The molecule has 0 saturated heterocycles. The molecule has 0 bridgehead atoms. The number of nitro groups is 1. The van der Waals surface area contributed by atoms with Crippen molar-refractivity contribution in [2.45, 2.75) is 6.92 Å². The maximum absolute atomic E-state index is 13.6. The summed E-state index contributed by atoms with van der Waals surface area (Å²) >= 11 is 6.15. The van der Waals surface area contributed by atoms with Gasteiger partial charge in [0.1, 0.15) is 11.8 Å². The molecule has 0 radical (unpaired) electrons. The van der Waals surface area contributed by atoms with Crippen LogP contribution in [0.25, 0.3) is 33.5 Å². The summed E-state index contributed by atoms with van der Waals surface area (Å²) in [5, 5.41) is 17.1. The molecule has 3 heterocycles. The van der Waals surface area contributed by atoms with Gasteiger partial charge in [0.25, 0.3) is 11.2 Å². The number of hydrogen-bond donors (Lipinski definition) is 0. The van der Waals surface area contributed by atoms with E-state index in [9.17, 15) is 14.9 Å². The van der Waals surface area contributed by atoms with E-state index in [1.165, 1.54) is 23.0 Å². The van der Waals surface area contributed by atoms with Crippen LogP contribution in [0.2, 0.25) is 5.02 Å². The molecule has 0 N–H and O–H groups in total. The highest BCUT2D eigenvalue weighted by atomic mass is 35.5. The van der Waals surface area contributed by atoms with E-state index in [1.54, 1.807) is 66.7 Å². The molecule has 0 aliphatic carbocycles. The Kier molecular flexibility index (Phi) is 7.07. The van der Waals surface area contributed by atoms with E-state index in [0.717, 1.165) is 11.6 Å². The number of para-hydroxylation sites is 1. The monoisotopic (exact) mass is 581 g/mol. The third kappa shape index (κ3) is 5.28. The smallest absolute Gasteiger partial charge is 0.287 e. The van der Waals surface area contributed by atoms with Gasteiger partial charge in [0.2, 0.25) is 11.7 Å². The molecule has 0 spiro atoms. The Morgan fingerprint density at radius 2 is 1.93 bits per heavy atom. The highest BCUT2D eigenvalue weighted by Crippen LogP contribution is 2.33. The molecule has 0 aliphatic heterocycles. The lowest BCUT2D eigenvalue weighted by atomic mass is 10.2. The molecular formula is C30H20ClN5O6. The highest BCUT2D eigenvalue weighted by molar-refractivity contribution is 6.31. The Morgan fingerprint density at radius 1 is 1.07 bits per heavy atom. The van der Waals surface area contributed by atoms with Gasteiger partial charge in [-0.2, -0.15) is 9.78 Å². The number of nitrogens with zero attached hydrogens (tertiary/aromatic N) is 5. The molecule has 0 amide bonds. The molecule has 3 aromatic heterocycles. The second-order valence-electron chi connectivity index (χ2n) is 8.96. The molecule has 0 saturated carbocycles. The van der Waals surface area contributed by atoms with E-state index in [4.69, 9.17) is 25.5 Å². The number of furan rings is 1. The van der Waals surface area contributed by atoms with Gasteiger partial charge in [-0.05, 0) is 67.1 Å². The van der Waals surface area contributed by atoms with Crippen molar-refractivity contribution in [2.75, 3.05) is 6.61 Å². The summed E-state index contributed by atoms with van der Waals surface area (Å²) in [6.45, 7) is 2.17. The van der Waals surface area contributed by atoms with Crippen molar-refractivity contribution in [3.63, 3.8) is 0 Å². The Morgan fingerprint density at radius 3 is 2.71 bits per heavy atom. The first-order valence-corrected chi connectivity index (χ1v) is 13.1. The van der Waals surface area contributed by atoms with Crippen molar-refractivity contribution in [1.82, 2.24) is 14.6 Å². The minimum absolute atomic E-state index is 0.150. The summed E-state index contributed by atoms with van der Waals surface area (Å²) in [4.78, 5) is 32.6. The van der Waals surface area contributed by atoms with E-state index in [1.807, 2.05) is 6.92 Å². The Labute approximate surface area is 242 Å². The van der Waals surface area contributed by atoms with Gasteiger partial charge in [0.05, 0.1) is 28.6 Å². The van der Waals surface area contributed by atoms with Crippen molar-refractivity contribution < 1.29 is 18.8 Å². The lowest BCUT2D eigenvalue weighted by Gasteiger charge is -2.12. The fourth-order valence-corrected chi connectivity index (χ4v) is 4.43. The zero-order valence-electron chi connectivity index (χ0n) is 21.9. The molecule has 0 atom stereocenters. The van der Waals surface area contributed by atoms with E-state index >= 15 is 0 Å². The van der Waals surface area contributed by atoms with E-state index in [0.29, 0.717) is 50.9 Å². The Hall–Kier alpha value is -5.55. The van der Waals surface area contributed by atoms with Gasteiger partial charge in [-0.15, -0.1) is 0 Å². The predicted octanol–water partition coefficient (Wildman–Crippen LogP) is 6.84. The van der Waals surface area contributed by atoms with Crippen LogP contribution >= 0.6 is 11.6 Å². The zero-order chi connectivity index (χ0) is 29.2. The average molecular weight is 582 g/mol. The molecule has 6 aromatic rings. The summed E-state index contributed by atoms with van der Waals surface area (Å²) in [5.74, 6) is 1.47. The number of aromatic nitrogens is 3. The number of benzene rings is 3. The van der Waals surface area contributed by atoms with Crippen molar-refractivity contribution in [3.05, 3.63) is 116 Å². The quantitative estimate of drug-likeness (QED) is 0.108. The van der Waals surface area contributed by atoms with Crippen LogP contribution in [0.5, 0.6) is 17.4 Å². The summed E-state index contributed by atoms with van der Waals surface area (Å²) in [6, 6.07) is 21.7. The molecule has 42 heavy (non-hydrogen) atoms. The molecule has 6 rings (SSSR count). The van der Waals surface area contributed by atoms with Gasteiger partial charge in [-0.25, -0.2) is 9.97 Å². The van der Waals surface area contributed by atoms with Gasteiger partial charge in [0.15, 0.2) is 17.3 Å². The molecule has 0 aliphatic rings. The van der Waals surface area contributed by atoms with Gasteiger partial charge in [-0.1, -0.05) is 23.7 Å². The molecular weight excluding hydrogens is 562 g/mol. The van der Waals surface area contributed by atoms with Crippen LogP contribution in [0.3, 0.4) is 0 Å². The summed E-state index contributed by atoms with van der Waals surface area (Å²) in [5.41, 5.74) is 1.17. The molecule has 0 unspecified atom stereocenters. The molecule has 0 fully saturated rings. The average Bonchev–Trinajstić information content (AvgIpc) is 3.41. The minimum Gasteiger partial charge on any atom is -0.490 e. The fraction of sp³-hybridized carbons (Fsp3) is 0.0667. The first-order valence-electron chi connectivity index (χ1n) is 12.7. The largest absolute Gasteiger partial charge is 0.490 e. The van der Waals surface area contributed by atoms with Crippen LogP contribution in [0.15, 0.2) is 99.4 Å². The van der Waals surface area contributed by atoms with E-state index < -0.39 is 4.92 Å². The van der Waals surface area contributed by atoms with Crippen molar-refractivity contribution in [1.29, 1.82) is 0 Å². The first-order chi connectivity index (χ1) is 20.4. The second kappa shape index (κ2) is 11.1. The zero-order valence-corrected chi connectivity index (χ0v) is 22.7. The molecule has 11 nitrogen and oxygen atoms in total. The SMILES string of the molecule is CCOc1cc(C=Nn2c(-c3cc4cc(Cl)ccc4o3)nc3ccccc3c2=O)ccc1Oc1ccc([N+](=O)[O-])cn1. The third-order valence-corrected chi connectivity index (χ3v) is 6.42. The van der Waals surface area contributed by atoms with Gasteiger partial charge < -0.3 is 13.9 Å². The molecule has 12 heteroatoms. The fourth-order valence-electron chi connectivity index (χ4n) is 4.25. The number of rotatable bonds is 8. The van der Waals surface area contributed by atoms with Crippen LogP contribution in [-0.2, 0) is 0 Å². The maximum atomic E-state index is 13.6.